The molecule has 0 fully saturated rings. The first-order chi connectivity index (χ1) is 8.58. The van der Waals surface area contributed by atoms with Crippen molar-refractivity contribution in [1.82, 2.24) is 5.32 Å². The van der Waals surface area contributed by atoms with Gasteiger partial charge in [0.25, 0.3) is 0 Å². The summed E-state index contributed by atoms with van der Waals surface area (Å²) in [4.78, 5) is 22.8. The lowest BCUT2D eigenvalue weighted by molar-refractivity contribution is -0.142. The maximum Gasteiger partial charge on any atom is 0.328 e. The normalized spacial score (nSPS) is 11.3. The Morgan fingerprint density at radius 1 is 1.22 bits per heavy atom. The fourth-order valence-electron chi connectivity index (χ4n) is 1.34. The highest BCUT2D eigenvalue weighted by atomic mass is 16.5. The van der Waals surface area contributed by atoms with Crippen LogP contribution in [0.2, 0.25) is 0 Å². The Balaban J connectivity index is 2.62. The maximum atomic E-state index is 11.6. The molecule has 1 aromatic carbocycles. The predicted molar refractivity (Wildman–Crippen MR) is 66.6 cm³/mol. The third-order valence-electron chi connectivity index (χ3n) is 2.26. The van der Waals surface area contributed by atoms with Crippen LogP contribution < -0.4 is 15.4 Å². The molecule has 1 rings (SSSR count). The van der Waals surface area contributed by atoms with Gasteiger partial charge in [-0.3, -0.25) is 0 Å². The van der Waals surface area contributed by atoms with E-state index in [1.54, 1.807) is 24.3 Å². The zero-order chi connectivity index (χ0) is 13.5. The molecule has 0 aliphatic rings. The van der Waals surface area contributed by atoms with Crippen LogP contribution in [0.4, 0.5) is 10.5 Å². The van der Waals surface area contributed by atoms with Gasteiger partial charge in [0.2, 0.25) is 0 Å². The number of ether oxygens (including phenoxy) is 2. The smallest absolute Gasteiger partial charge is 0.328 e. The van der Waals surface area contributed by atoms with Crippen molar-refractivity contribution in [2.75, 3.05) is 19.5 Å². The number of hydrogen-bond donors (Lipinski definition) is 2. The van der Waals surface area contributed by atoms with Gasteiger partial charge in [-0.2, -0.15) is 0 Å². The van der Waals surface area contributed by atoms with E-state index in [1.165, 1.54) is 21.1 Å². The van der Waals surface area contributed by atoms with Gasteiger partial charge in [0.05, 0.1) is 19.9 Å². The lowest BCUT2D eigenvalue weighted by Crippen LogP contribution is -2.41. The van der Waals surface area contributed by atoms with Crippen molar-refractivity contribution < 1.29 is 19.1 Å². The summed E-state index contributed by atoms with van der Waals surface area (Å²) in [6, 6.07) is 5.75. The Morgan fingerprint density at radius 2 is 1.89 bits per heavy atom. The number of nitrogens with one attached hydrogen (secondary N) is 2. The van der Waals surface area contributed by atoms with Crippen molar-refractivity contribution in [2.24, 2.45) is 0 Å². The molecule has 0 heterocycles. The summed E-state index contributed by atoms with van der Waals surface area (Å²) in [5, 5.41) is 5.04. The minimum absolute atomic E-state index is 0.502. The molecular formula is C12H16N2O4. The number of anilines is 1. The summed E-state index contributed by atoms with van der Waals surface area (Å²) >= 11 is 0. The second-order valence-corrected chi connectivity index (χ2v) is 3.54. The Hall–Kier alpha value is -2.24. The van der Waals surface area contributed by atoms with Crippen LogP contribution in [0.15, 0.2) is 24.3 Å². The minimum atomic E-state index is -0.718. The number of benzene rings is 1. The highest BCUT2D eigenvalue weighted by Crippen LogP contribution is 2.22. The van der Waals surface area contributed by atoms with E-state index in [0.717, 1.165) is 0 Å². The first-order valence-electron chi connectivity index (χ1n) is 5.37. The number of hydrogen-bond acceptors (Lipinski definition) is 4. The zero-order valence-corrected chi connectivity index (χ0v) is 10.5. The average Bonchev–Trinajstić information content (AvgIpc) is 2.38. The summed E-state index contributed by atoms with van der Waals surface area (Å²) in [6.45, 7) is 1.54. The molecule has 0 aliphatic heterocycles. The van der Waals surface area contributed by atoms with Gasteiger partial charge in [0.1, 0.15) is 11.8 Å². The van der Waals surface area contributed by atoms with Crippen molar-refractivity contribution in [1.29, 1.82) is 0 Å². The van der Waals surface area contributed by atoms with Crippen LogP contribution in [0.25, 0.3) is 0 Å². The van der Waals surface area contributed by atoms with Crippen molar-refractivity contribution in [3.05, 3.63) is 24.3 Å². The van der Waals surface area contributed by atoms with E-state index in [0.29, 0.717) is 11.4 Å². The second-order valence-electron chi connectivity index (χ2n) is 3.54. The van der Waals surface area contributed by atoms with E-state index < -0.39 is 18.0 Å². The van der Waals surface area contributed by atoms with E-state index >= 15 is 0 Å². The molecule has 0 bridgehead atoms. The molecule has 6 heteroatoms. The number of methoxy groups -OCH3 is 2. The molecule has 0 saturated carbocycles. The standard InChI is InChI=1S/C12H16N2O4/c1-8(11(15)18-3)13-12(16)14-9-6-4-5-7-10(9)17-2/h4-8H,1-3H3,(H2,13,14,16). The van der Waals surface area contributed by atoms with Gasteiger partial charge in [-0.1, -0.05) is 12.1 Å². The first-order valence-corrected chi connectivity index (χ1v) is 5.37. The van der Waals surface area contributed by atoms with E-state index in [9.17, 15) is 9.59 Å². The Kier molecular flexibility index (Phi) is 4.98. The van der Waals surface area contributed by atoms with E-state index in [-0.39, 0.29) is 0 Å². The predicted octanol–water partition coefficient (Wildman–Crippen LogP) is 1.38. The molecule has 0 spiro atoms. The third-order valence-corrected chi connectivity index (χ3v) is 2.26. The SMILES string of the molecule is COC(=O)C(C)NC(=O)Nc1ccccc1OC. The molecule has 0 aliphatic carbocycles. The fraction of sp³-hybridized carbons (Fsp3) is 0.333. The molecule has 0 saturated heterocycles. The van der Waals surface area contributed by atoms with Gasteiger partial charge in [0, 0.05) is 0 Å². The van der Waals surface area contributed by atoms with Gasteiger partial charge in [0.15, 0.2) is 0 Å². The molecule has 1 unspecified atom stereocenters. The summed E-state index contributed by atoms with van der Waals surface area (Å²) in [5.41, 5.74) is 0.523. The fourth-order valence-corrected chi connectivity index (χ4v) is 1.34. The van der Waals surface area contributed by atoms with Crippen LogP contribution >= 0.6 is 0 Å². The molecule has 1 aromatic rings. The van der Waals surface area contributed by atoms with E-state index in [1.807, 2.05) is 0 Å². The van der Waals surface area contributed by atoms with Gasteiger partial charge in [-0.25, -0.2) is 9.59 Å². The van der Waals surface area contributed by atoms with Gasteiger partial charge in [-0.15, -0.1) is 0 Å². The topological polar surface area (TPSA) is 76.7 Å². The van der Waals surface area contributed by atoms with Crippen molar-refractivity contribution in [2.45, 2.75) is 13.0 Å². The summed E-state index contributed by atoms with van der Waals surface area (Å²) in [6.07, 6.45) is 0. The second kappa shape index (κ2) is 6.48. The van der Waals surface area contributed by atoms with Crippen LogP contribution in [-0.2, 0) is 9.53 Å². The molecule has 0 aromatic heterocycles. The molecule has 0 radical (unpaired) electrons. The summed E-state index contributed by atoms with van der Waals surface area (Å²) in [5.74, 6) is 0.0311. The molecule has 98 valence electrons. The third kappa shape index (κ3) is 3.65. The summed E-state index contributed by atoms with van der Waals surface area (Å²) < 4.78 is 9.59. The van der Waals surface area contributed by atoms with Crippen LogP contribution in [0, 0.1) is 0 Å². The quantitative estimate of drug-likeness (QED) is 0.794. The van der Waals surface area contributed by atoms with Crippen LogP contribution in [0.3, 0.4) is 0 Å². The van der Waals surface area contributed by atoms with Gasteiger partial charge >= 0.3 is 12.0 Å². The lowest BCUT2D eigenvalue weighted by Gasteiger charge is -2.14. The molecule has 2 N–H and O–H groups in total. The number of carbonyl (C=O) groups is 2. The van der Waals surface area contributed by atoms with E-state index in [2.05, 4.69) is 15.4 Å². The highest BCUT2D eigenvalue weighted by molar-refractivity contribution is 5.93. The van der Waals surface area contributed by atoms with Gasteiger partial charge < -0.3 is 20.1 Å². The molecule has 18 heavy (non-hydrogen) atoms. The lowest BCUT2D eigenvalue weighted by atomic mass is 10.3. The van der Waals surface area contributed by atoms with Crippen molar-refractivity contribution in [3.8, 4) is 5.75 Å². The Morgan fingerprint density at radius 3 is 2.50 bits per heavy atom. The van der Waals surface area contributed by atoms with Crippen molar-refractivity contribution >= 4 is 17.7 Å². The monoisotopic (exact) mass is 252 g/mol. The molecular weight excluding hydrogens is 236 g/mol. The minimum Gasteiger partial charge on any atom is -0.495 e. The largest absolute Gasteiger partial charge is 0.495 e. The maximum absolute atomic E-state index is 11.6. The first kappa shape index (κ1) is 13.8. The Labute approximate surface area is 105 Å². The molecule has 6 nitrogen and oxygen atoms in total. The average molecular weight is 252 g/mol. The number of esters is 1. The number of carbonyl (C=O) groups excluding carboxylic acids is 2. The number of amides is 2. The van der Waals surface area contributed by atoms with Crippen molar-refractivity contribution in [3.63, 3.8) is 0 Å². The Bertz CT molecular complexity index is 434. The summed E-state index contributed by atoms with van der Waals surface area (Å²) in [7, 11) is 2.77. The zero-order valence-electron chi connectivity index (χ0n) is 10.5. The number of para-hydroxylation sites is 2. The number of rotatable bonds is 4. The highest BCUT2D eigenvalue weighted by Gasteiger charge is 2.16. The van der Waals surface area contributed by atoms with Crippen LogP contribution in [0.1, 0.15) is 6.92 Å². The molecule has 1 atom stereocenters. The molecule has 2 amide bonds. The van der Waals surface area contributed by atoms with Crippen LogP contribution in [-0.4, -0.2) is 32.3 Å². The van der Waals surface area contributed by atoms with E-state index in [4.69, 9.17) is 4.74 Å². The van der Waals surface area contributed by atoms with Crippen LogP contribution in [0.5, 0.6) is 5.75 Å². The van der Waals surface area contributed by atoms with Gasteiger partial charge in [-0.05, 0) is 19.1 Å². The number of urea groups is 1.